The number of hydrazine groups is 1. The Morgan fingerprint density at radius 3 is 2.80 bits per heavy atom. The fraction of sp³-hybridized carbons (Fsp3) is 0.700. The molecule has 1 heterocycles. The number of H-pyrrole nitrogens is 1. The molecule has 0 radical (unpaired) electrons. The second-order valence-corrected chi connectivity index (χ2v) is 4.09. The van der Waals surface area contributed by atoms with E-state index in [1.165, 1.54) is 12.8 Å². The van der Waals surface area contributed by atoms with Crippen molar-refractivity contribution in [3.8, 4) is 0 Å². The summed E-state index contributed by atoms with van der Waals surface area (Å²) in [5, 5.41) is 6.62. The van der Waals surface area contributed by atoms with Gasteiger partial charge < -0.3 is 5.73 Å². The average molecular weight is 211 g/mol. The smallest absolute Gasteiger partial charge is 0.123 e. The molecule has 0 amide bonds. The average Bonchev–Trinajstić information content (AvgIpc) is 2.61. The minimum Gasteiger partial charge on any atom is -0.384 e. The number of anilines is 1. The first-order valence-corrected chi connectivity index (χ1v) is 5.43. The maximum absolute atomic E-state index is 5.75. The van der Waals surface area contributed by atoms with Gasteiger partial charge >= 0.3 is 0 Å². The summed E-state index contributed by atoms with van der Waals surface area (Å²) in [5.74, 6) is 6.76. The van der Waals surface area contributed by atoms with Gasteiger partial charge in [-0.05, 0) is 12.3 Å². The van der Waals surface area contributed by atoms with Crippen molar-refractivity contribution < 1.29 is 0 Å². The Balaban J connectivity index is 2.60. The summed E-state index contributed by atoms with van der Waals surface area (Å²) in [4.78, 5) is 0. The lowest BCUT2D eigenvalue weighted by molar-refractivity contribution is 0.395. The number of rotatable bonds is 6. The van der Waals surface area contributed by atoms with Crippen LogP contribution < -0.4 is 17.0 Å². The number of aromatic amines is 1. The summed E-state index contributed by atoms with van der Waals surface area (Å²) in [7, 11) is 0. The zero-order valence-corrected chi connectivity index (χ0v) is 9.46. The molecule has 5 nitrogen and oxygen atoms in total. The van der Waals surface area contributed by atoms with Crippen molar-refractivity contribution in [2.24, 2.45) is 11.8 Å². The third-order valence-corrected chi connectivity index (χ3v) is 2.70. The van der Waals surface area contributed by atoms with E-state index in [1.807, 2.05) is 0 Å². The number of nitrogens with two attached hydrogens (primary N) is 2. The maximum atomic E-state index is 5.75. The molecule has 5 heteroatoms. The highest BCUT2D eigenvalue weighted by atomic mass is 15.2. The zero-order chi connectivity index (χ0) is 11.3. The van der Waals surface area contributed by atoms with Crippen LogP contribution in [0.5, 0.6) is 0 Å². The summed E-state index contributed by atoms with van der Waals surface area (Å²) in [6, 6.07) is 0.0882. The molecule has 86 valence electrons. The Bertz CT molecular complexity index is 283. The van der Waals surface area contributed by atoms with Gasteiger partial charge in [-0.3, -0.25) is 16.4 Å². The van der Waals surface area contributed by atoms with E-state index in [-0.39, 0.29) is 6.04 Å². The van der Waals surface area contributed by atoms with Crippen molar-refractivity contribution in [3.63, 3.8) is 0 Å². The predicted molar refractivity (Wildman–Crippen MR) is 61.8 cm³/mol. The van der Waals surface area contributed by atoms with Crippen LogP contribution in [0.3, 0.4) is 0 Å². The van der Waals surface area contributed by atoms with Gasteiger partial charge in [0.15, 0.2) is 0 Å². The molecule has 0 spiro atoms. The molecule has 0 fully saturated rings. The Kier molecular flexibility index (Phi) is 4.58. The van der Waals surface area contributed by atoms with Crippen molar-refractivity contribution in [1.29, 1.82) is 0 Å². The molecule has 0 aliphatic rings. The largest absolute Gasteiger partial charge is 0.384 e. The van der Waals surface area contributed by atoms with Crippen molar-refractivity contribution in [3.05, 3.63) is 11.8 Å². The van der Waals surface area contributed by atoms with E-state index < -0.39 is 0 Å². The van der Waals surface area contributed by atoms with Gasteiger partial charge in [-0.25, -0.2) is 0 Å². The number of nitrogens with one attached hydrogen (secondary N) is 2. The number of aromatic nitrogens is 2. The van der Waals surface area contributed by atoms with E-state index >= 15 is 0 Å². The molecule has 0 bridgehead atoms. The van der Waals surface area contributed by atoms with Crippen LogP contribution in [0, 0.1) is 5.92 Å². The third-order valence-electron chi connectivity index (χ3n) is 2.70. The molecule has 6 N–H and O–H groups in total. The Labute approximate surface area is 90.6 Å². The first-order chi connectivity index (χ1) is 7.19. The molecule has 0 aliphatic heterocycles. The van der Waals surface area contributed by atoms with Crippen molar-refractivity contribution in [1.82, 2.24) is 15.6 Å². The van der Waals surface area contributed by atoms with Gasteiger partial charge in [-0.1, -0.05) is 26.7 Å². The molecular formula is C10H21N5. The van der Waals surface area contributed by atoms with E-state index in [9.17, 15) is 0 Å². The molecular weight excluding hydrogens is 190 g/mol. The Morgan fingerprint density at radius 1 is 1.60 bits per heavy atom. The lowest BCUT2D eigenvalue weighted by atomic mass is 9.94. The summed E-state index contributed by atoms with van der Waals surface area (Å²) in [5.41, 5.74) is 9.51. The van der Waals surface area contributed by atoms with E-state index in [2.05, 4.69) is 29.5 Å². The standard InChI is InChI=1S/C10H21N5/c1-3-4-7(2)5-9(14-12)8-6-13-15-10(8)11/h6-7,9,14H,3-5,12H2,1-2H3,(H3,11,13,15). The van der Waals surface area contributed by atoms with Crippen molar-refractivity contribution in [2.75, 3.05) is 5.73 Å². The predicted octanol–water partition coefficient (Wildman–Crippen LogP) is 1.32. The Hall–Kier alpha value is -1.07. The molecule has 2 unspecified atom stereocenters. The summed E-state index contributed by atoms with van der Waals surface area (Å²) < 4.78 is 0. The van der Waals surface area contributed by atoms with Gasteiger partial charge in [0, 0.05) is 5.56 Å². The molecule has 1 aromatic rings. The van der Waals surface area contributed by atoms with Crippen LogP contribution in [0.15, 0.2) is 6.20 Å². The van der Waals surface area contributed by atoms with Crippen LogP contribution in [0.4, 0.5) is 5.82 Å². The molecule has 0 aromatic carbocycles. The number of hydrogen-bond acceptors (Lipinski definition) is 4. The lowest BCUT2D eigenvalue weighted by Crippen LogP contribution is -2.29. The highest BCUT2D eigenvalue weighted by molar-refractivity contribution is 5.39. The highest BCUT2D eigenvalue weighted by Crippen LogP contribution is 2.25. The summed E-state index contributed by atoms with van der Waals surface area (Å²) in [6.07, 6.45) is 5.11. The van der Waals surface area contributed by atoms with E-state index in [1.54, 1.807) is 6.20 Å². The topological polar surface area (TPSA) is 92.7 Å². The van der Waals surface area contributed by atoms with Gasteiger partial charge in [0.1, 0.15) is 5.82 Å². The number of nitrogen functional groups attached to an aromatic ring is 1. The second kappa shape index (κ2) is 5.72. The molecule has 15 heavy (non-hydrogen) atoms. The van der Waals surface area contributed by atoms with Crippen LogP contribution in [0.2, 0.25) is 0 Å². The van der Waals surface area contributed by atoms with Crippen LogP contribution in [-0.2, 0) is 0 Å². The van der Waals surface area contributed by atoms with Crippen LogP contribution in [0.25, 0.3) is 0 Å². The number of hydrogen-bond donors (Lipinski definition) is 4. The minimum atomic E-state index is 0.0882. The Morgan fingerprint density at radius 2 is 2.33 bits per heavy atom. The van der Waals surface area contributed by atoms with E-state index in [0.29, 0.717) is 11.7 Å². The van der Waals surface area contributed by atoms with Crippen LogP contribution in [-0.4, -0.2) is 10.2 Å². The fourth-order valence-corrected chi connectivity index (χ4v) is 1.88. The van der Waals surface area contributed by atoms with E-state index in [4.69, 9.17) is 11.6 Å². The maximum Gasteiger partial charge on any atom is 0.123 e. The van der Waals surface area contributed by atoms with Crippen molar-refractivity contribution in [2.45, 2.75) is 39.2 Å². The van der Waals surface area contributed by atoms with Crippen molar-refractivity contribution >= 4 is 5.82 Å². The summed E-state index contributed by atoms with van der Waals surface area (Å²) >= 11 is 0. The van der Waals surface area contributed by atoms with Gasteiger partial charge in [-0.2, -0.15) is 5.10 Å². The number of nitrogens with zero attached hydrogens (tertiary/aromatic N) is 1. The first kappa shape index (κ1) is 12.0. The van der Waals surface area contributed by atoms with Crippen LogP contribution in [0.1, 0.15) is 44.7 Å². The third kappa shape index (κ3) is 3.21. The van der Waals surface area contributed by atoms with Gasteiger partial charge in [-0.15, -0.1) is 0 Å². The normalized spacial score (nSPS) is 15.1. The van der Waals surface area contributed by atoms with Gasteiger partial charge in [0.25, 0.3) is 0 Å². The lowest BCUT2D eigenvalue weighted by Gasteiger charge is -2.19. The fourth-order valence-electron chi connectivity index (χ4n) is 1.88. The first-order valence-electron chi connectivity index (χ1n) is 5.43. The second-order valence-electron chi connectivity index (χ2n) is 4.09. The molecule has 0 saturated heterocycles. The molecule has 0 saturated carbocycles. The highest BCUT2D eigenvalue weighted by Gasteiger charge is 2.17. The minimum absolute atomic E-state index is 0.0882. The molecule has 1 aromatic heterocycles. The molecule has 0 aliphatic carbocycles. The molecule has 2 atom stereocenters. The quantitative estimate of drug-likeness (QED) is 0.422. The zero-order valence-electron chi connectivity index (χ0n) is 9.46. The van der Waals surface area contributed by atoms with Gasteiger partial charge in [0.05, 0.1) is 12.2 Å². The monoisotopic (exact) mass is 211 g/mol. The van der Waals surface area contributed by atoms with Gasteiger partial charge in [0.2, 0.25) is 0 Å². The van der Waals surface area contributed by atoms with E-state index in [0.717, 1.165) is 12.0 Å². The SMILES string of the molecule is CCCC(C)CC(NN)c1cn[nH]c1N. The van der Waals surface area contributed by atoms with Crippen LogP contribution >= 0.6 is 0 Å². The summed E-state index contributed by atoms with van der Waals surface area (Å²) in [6.45, 7) is 4.41. The molecule has 1 rings (SSSR count).